The molecule has 4 nitrogen and oxygen atoms in total. The van der Waals surface area contributed by atoms with Crippen molar-refractivity contribution in [3.8, 4) is 11.1 Å². The number of hydrogen-bond donors (Lipinski definition) is 0. The molecule has 0 bridgehead atoms. The number of benzene rings is 2. The predicted molar refractivity (Wildman–Crippen MR) is 101 cm³/mol. The van der Waals surface area contributed by atoms with Crippen LogP contribution >= 0.6 is 15.9 Å². The molecule has 1 aliphatic rings. The minimum Gasteiger partial charge on any atom is -0.288 e. The number of halogens is 1. The van der Waals surface area contributed by atoms with Crippen LogP contribution in [0, 0.1) is 0 Å². The van der Waals surface area contributed by atoms with Gasteiger partial charge >= 0.3 is 0 Å². The highest BCUT2D eigenvalue weighted by molar-refractivity contribution is 9.10. The molecular weight excluding hydrogens is 378 g/mol. The van der Waals surface area contributed by atoms with Crippen molar-refractivity contribution in [3.63, 3.8) is 0 Å². The Morgan fingerprint density at radius 3 is 2.64 bits per heavy atom. The van der Waals surface area contributed by atoms with Gasteiger partial charge in [0.15, 0.2) is 11.4 Å². The number of fused-ring (bicyclic) bond motifs is 8. The lowest BCUT2D eigenvalue weighted by atomic mass is 10.0. The van der Waals surface area contributed by atoms with Crippen LogP contribution in [0.1, 0.15) is 35.1 Å². The summed E-state index contributed by atoms with van der Waals surface area (Å²) in [6.07, 6.45) is 1.80. The molecule has 1 aliphatic carbocycles. The first-order valence-electron chi connectivity index (χ1n) is 8.34. The molecule has 0 atom stereocenters. The number of rotatable bonds is 2. The van der Waals surface area contributed by atoms with Crippen LogP contribution in [0.5, 0.6) is 0 Å². The van der Waals surface area contributed by atoms with E-state index in [1.54, 1.807) is 0 Å². The molecule has 2 heterocycles. The summed E-state index contributed by atoms with van der Waals surface area (Å²) in [5.41, 5.74) is 5.06. The van der Waals surface area contributed by atoms with Crippen molar-refractivity contribution >= 4 is 38.3 Å². The topological polar surface area (TPSA) is 47.3 Å². The fourth-order valence-electron chi connectivity index (χ4n) is 3.80. The minimum absolute atomic E-state index is 0.0351. The monoisotopic (exact) mass is 391 g/mol. The van der Waals surface area contributed by atoms with E-state index in [0.717, 1.165) is 50.7 Å². The van der Waals surface area contributed by atoms with Gasteiger partial charge in [-0.1, -0.05) is 47.1 Å². The lowest BCUT2D eigenvalue weighted by Crippen LogP contribution is -2.03. The first-order valence-corrected chi connectivity index (χ1v) is 9.13. The fraction of sp³-hybridized carbons (Fsp3) is 0.150. The van der Waals surface area contributed by atoms with Crippen LogP contribution < -0.4 is 0 Å². The highest BCUT2D eigenvalue weighted by Gasteiger charge is 2.32. The Hall–Kier alpha value is -2.53. The Balaban J connectivity index is 2.04. The van der Waals surface area contributed by atoms with Crippen LogP contribution in [0.4, 0.5) is 0 Å². The summed E-state index contributed by atoms with van der Waals surface area (Å²) in [4.78, 5) is 13.1. The molecule has 0 N–H and O–H groups in total. The van der Waals surface area contributed by atoms with Gasteiger partial charge in [0.2, 0.25) is 0 Å². The number of aryl methyl sites for hydroxylation is 1. The molecular formula is C20H14BrN3O. The Labute approximate surface area is 152 Å². The smallest absolute Gasteiger partial charge is 0.198 e. The van der Waals surface area contributed by atoms with Gasteiger partial charge in [0.25, 0.3) is 0 Å². The Morgan fingerprint density at radius 2 is 1.84 bits per heavy atom. The highest BCUT2D eigenvalue weighted by atomic mass is 79.9. The van der Waals surface area contributed by atoms with E-state index in [1.807, 2.05) is 34.7 Å². The van der Waals surface area contributed by atoms with Crippen molar-refractivity contribution in [2.45, 2.75) is 19.8 Å². The van der Waals surface area contributed by atoms with Crippen molar-refractivity contribution in [1.29, 1.82) is 0 Å². The lowest BCUT2D eigenvalue weighted by Gasteiger charge is -2.11. The van der Waals surface area contributed by atoms with E-state index in [-0.39, 0.29) is 5.78 Å². The number of nitrogens with zero attached hydrogens (tertiary/aromatic N) is 3. The average molecular weight is 392 g/mol. The zero-order valence-electron chi connectivity index (χ0n) is 13.6. The van der Waals surface area contributed by atoms with Crippen molar-refractivity contribution < 1.29 is 4.79 Å². The van der Waals surface area contributed by atoms with Gasteiger partial charge in [-0.15, -0.1) is 10.2 Å². The van der Waals surface area contributed by atoms with Gasteiger partial charge in [-0.25, -0.2) is 0 Å². The van der Waals surface area contributed by atoms with Crippen LogP contribution in [0.2, 0.25) is 0 Å². The van der Waals surface area contributed by atoms with Gasteiger partial charge in [-0.05, 0) is 30.2 Å². The first-order chi connectivity index (χ1) is 12.2. The van der Waals surface area contributed by atoms with Crippen LogP contribution in [0.15, 0.2) is 46.9 Å². The van der Waals surface area contributed by atoms with E-state index in [4.69, 9.17) is 0 Å². The first kappa shape index (κ1) is 14.8. The summed E-state index contributed by atoms with van der Waals surface area (Å²) in [6.45, 7) is 2.12. The van der Waals surface area contributed by atoms with Gasteiger partial charge in [0, 0.05) is 27.4 Å². The largest absolute Gasteiger partial charge is 0.288 e. The maximum Gasteiger partial charge on any atom is 0.198 e. The summed E-state index contributed by atoms with van der Waals surface area (Å²) in [6, 6.07) is 14.0. The van der Waals surface area contributed by atoms with Crippen molar-refractivity contribution in [2.24, 2.45) is 0 Å². The van der Waals surface area contributed by atoms with E-state index >= 15 is 0 Å². The molecule has 2 aromatic heterocycles. The molecule has 0 spiro atoms. The zero-order valence-corrected chi connectivity index (χ0v) is 15.2. The van der Waals surface area contributed by atoms with Crippen LogP contribution in [-0.2, 0) is 6.42 Å². The second-order valence-corrected chi connectivity index (χ2v) is 7.23. The standard InChI is InChI=1S/C20H14BrN3O/c1-2-5-16-22-23-20-18-17(12-6-3-4-7-13(12)19(18)25)14-10-11(21)8-9-15(14)24(16)20/h3-4,6-10H,2,5H2,1H3. The SMILES string of the molecule is CCCc1nnc2c3c(c4cc(Br)ccc4n12)-c1ccccc1C3=O. The van der Waals surface area contributed by atoms with Gasteiger partial charge in [0.05, 0.1) is 11.1 Å². The quantitative estimate of drug-likeness (QED) is 0.433. The van der Waals surface area contributed by atoms with E-state index in [9.17, 15) is 4.79 Å². The van der Waals surface area contributed by atoms with E-state index in [2.05, 4.69) is 45.2 Å². The molecule has 25 heavy (non-hydrogen) atoms. The van der Waals surface area contributed by atoms with E-state index in [0.29, 0.717) is 11.2 Å². The maximum absolute atomic E-state index is 13.1. The van der Waals surface area contributed by atoms with Crippen LogP contribution in [-0.4, -0.2) is 20.4 Å². The summed E-state index contributed by atoms with van der Waals surface area (Å²) >= 11 is 3.57. The fourth-order valence-corrected chi connectivity index (χ4v) is 4.16. The van der Waals surface area contributed by atoms with Crippen LogP contribution in [0.25, 0.3) is 27.7 Å². The second-order valence-electron chi connectivity index (χ2n) is 6.31. The molecule has 0 radical (unpaired) electrons. The number of carbonyl (C=O) groups is 1. The molecule has 0 aliphatic heterocycles. The third kappa shape index (κ3) is 1.90. The number of carbonyl (C=O) groups excluding carboxylic acids is 1. The van der Waals surface area contributed by atoms with Gasteiger partial charge in [-0.3, -0.25) is 9.20 Å². The average Bonchev–Trinajstić information content (AvgIpc) is 3.16. The normalized spacial score (nSPS) is 12.8. The molecule has 0 saturated carbocycles. The number of aromatic nitrogens is 3. The van der Waals surface area contributed by atoms with Crippen molar-refractivity contribution in [2.75, 3.05) is 0 Å². The molecule has 0 saturated heterocycles. The zero-order chi connectivity index (χ0) is 17.1. The summed E-state index contributed by atoms with van der Waals surface area (Å²) in [7, 11) is 0. The number of ketones is 1. The summed E-state index contributed by atoms with van der Waals surface area (Å²) in [5, 5.41) is 9.83. The lowest BCUT2D eigenvalue weighted by molar-refractivity contribution is 0.104. The summed E-state index contributed by atoms with van der Waals surface area (Å²) in [5.74, 6) is 0.935. The minimum atomic E-state index is 0.0351. The van der Waals surface area contributed by atoms with E-state index < -0.39 is 0 Å². The molecule has 2 aromatic carbocycles. The van der Waals surface area contributed by atoms with Crippen molar-refractivity contribution in [1.82, 2.24) is 14.6 Å². The van der Waals surface area contributed by atoms with Gasteiger partial charge in [0.1, 0.15) is 5.82 Å². The molecule has 0 unspecified atom stereocenters. The van der Waals surface area contributed by atoms with Gasteiger partial charge in [-0.2, -0.15) is 0 Å². The molecule has 4 aromatic rings. The molecule has 0 fully saturated rings. The van der Waals surface area contributed by atoms with Gasteiger partial charge < -0.3 is 0 Å². The van der Waals surface area contributed by atoms with Crippen molar-refractivity contribution in [3.05, 3.63) is 63.9 Å². The Morgan fingerprint density at radius 1 is 1.04 bits per heavy atom. The molecule has 5 rings (SSSR count). The molecule has 0 amide bonds. The Bertz CT molecular complexity index is 1190. The highest BCUT2D eigenvalue weighted by Crippen LogP contribution is 2.43. The third-order valence-electron chi connectivity index (χ3n) is 4.81. The third-order valence-corrected chi connectivity index (χ3v) is 5.31. The van der Waals surface area contributed by atoms with Crippen LogP contribution in [0.3, 0.4) is 0 Å². The molecule has 122 valence electrons. The summed E-state index contributed by atoms with van der Waals surface area (Å²) < 4.78 is 3.04. The second kappa shape index (κ2) is 5.23. The molecule has 5 heteroatoms. The Kier molecular flexibility index (Phi) is 3.09. The maximum atomic E-state index is 13.1. The number of pyridine rings is 1. The predicted octanol–water partition coefficient (Wildman–Crippen LogP) is 4.81. The van der Waals surface area contributed by atoms with E-state index in [1.165, 1.54) is 0 Å². The number of hydrogen-bond acceptors (Lipinski definition) is 3.